The molecule has 3 aromatic carbocycles. The molecule has 184 valence electrons. The van der Waals surface area contributed by atoms with E-state index in [1.807, 2.05) is 94.4 Å². The van der Waals surface area contributed by atoms with Crippen LogP contribution in [0.25, 0.3) is 11.6 Å². The molecule has 0 spiro atoms. The van der Waals surface area contributed by atoms with Crippen molar-refractivity contribution in [1.82, 2.24) is 4.31 Å². The van der Waals surface area contributed by atoms with Gasteiger partial charge in [0.15, 0.2) is 0 Å². The molecule has 1 N–H and O–H groups in total. The fourth-order valence-corrected chi connectivity index (χ4v) is 5.52. The number of nitrogens with one attached hydrogen (secondary N) is 1. The molecule has 0 bridgehead atoms. The van der Waals surface area contributed by atoms with Crippen molar-refractivity contribution in [2.75, 3.05) is 18.4 Å². The number of anilines is 1. The zero-order valence-electron chi connectivity index (χ0n) is 20.8. The second kappa shape index (κ2) is 12.0. The number of sulfonamides is 1. The van der Waals surface area contributed by atoms with Gasteiger partial charge in [0.1, 0.15) is 0 Å². The highest BCUT2D eigenvalue weighted by Crippen LogP contribution is 2.23. The number of nitrogens with zero attached hydrogens (tertiary/aromatic N) is 1. The van der Waals surface area contributed by atoms with Gasteiger partial charge in [-0.05, 0) is 53.3 Å². The quantitative estimate of drug-likeness (QED) is 0.273. The minimum absolute atomic E-state index is 0.217. The summed E-state index contributed by atoms with van der Waals surface area (Å²) in [6.07, 6.45) is 1.85. The van der Waals surface area contributed by atoms with Crippen LogP contribution in [0.1, 0.15) is 38.8 Å². The van der Waals surface area contributed by atoms with Crippen molar-refractivity contribution in [1.29, 1.82) is 0 Å². The van der Waals surface area contributed by atoms with E-state index in [0.717, 1.165) is 11.1 Å². The van der Waals surface area contributed by atoms with Crippen molar-refractivity contribution in [2.24, 2.45) is 11.8 Å². The Bertz CT molecular complexity index is 1220. The van der Waals surface area contributed by atoms with Gasteiger partial charge in [-0.1, -0.05) is 88.4 Å². The number of amides is 1. The molecule has 1 amide bonds. The molecule has 0 atom stereocenters. The standard InChI is InChI=1S/C29H34N2O3S/c1-22(2)20-31(21-23(3)4)35(33,34)27-17-15-26(16-18-27)30-29(32)28(25-13-9-6-10-14-25)19-24-11-7-5-8-12-24/h5-19,22-23H,20-21H2,1-4H3,(H,30,32)/b28-19+. The number of carbonyl (C=O) groups is 1. The average Bonchev–Trinajstić information content (AvgIpc) is 2.83. The van der Waals surface area contributed by atoms with Gasteiger partial charge in [0, 0.05) is 24.4 Å². The number of hydrogen-bond donors (Lipinski definition) is 1. The monoisotopic (exact) mass is 490 g/mol. The zero-order chi connectivity index (χ0) is 25.4. The van der Waals surface area contributed by atoms with Gasteiger partial charge >= 0.3 is 0 Å². The summed E-state index contributed by atoms with van der Waals surface area (Å²) in [5.41, 5.74) is 2.76. The highest BCUT2D eigenvalue weighted by molar-refractivity contribution is 7.89. The Kier molecular flexibility index (Phi) is 9.01. The molecule has 5 nitrogen and oxygen atoms in total. The third-order valence-corrected chi connectivity index (χ3v) is 7.17. The van der Waals surface area contributed by atoms with Crippen molar-refractivity contribution < 1.29 is 13.2 Å². The third-order valence-electron chi connectivity index (χ3n) is 5.33. The summed E-state index contributed by atoms with van der Waals surface area (Å²) in [5, 5.41) is 2.92. The van der Waals surface area contributed by atoms with E-state index in [1.165, 1.54) is 0 Å². The van der Waals surface area contributed by atoms with E-state index < -0.39 is 10.0 Å². The predicted molar refractivity (Wildman–Crippen MR) is 144 cm³/mol. The van der Waals surface area contributed by atoms with E-state index in [0.29, 0.717) is 24.4 Å². The van der Waals surface area contributed by atoms with Crippen LogP contribution in [0.4, 0.5) is 5.69 Å². The first-order chi connectivity index (χ1) is 16.7. The second-order valence-electron chi connectivity index (χ2n) is 9.42. The van der Waals surface area contributed by atoms with E-state index >= 15 is 0 Å². The number of carbonyl (C=O) groups excluding carboxylic acids is 1. The smallest absolute Gasteiger partial charge is 0.256 e. The van der Waals surface area contributed by atoms with Crippen LogP contribution in [0.5, 0.6) is 0 Å². The molecule has 0 radical (unpaired) electrons. The van der Waals surface area contributed by atoms with E-state index in [9.17, 15) is 13.2 Å². The Labute approximate surface area is 209 Å². The van der Waals surface area contributed by atoms with E-state index in [-0.39, 0.29) is 22.6 Å². The molecule has 0 saturated heterocycles. The summed E-state index contributed by atoms with van der Waals surface area (Å²) < 4.78 is 28.1. The van der Waals surface area contributed by atoms with Gasteiger partial charge in [0.05, 0.1) is 4.90 Å². The van der Waals surface area contributed by atoms with E-state index in [2.05, 4.69) is 5.32 Å². The maximum Gasteiger partial charge on any atom is 0.256 e. The Morgan fingerprint density at radius 1 is 0.800 bits per heavy atom. The summed E-state index contributed by atoms with van der Waals surface area (Å²) in [7, 11) is -3.63. The van der Waals surface area contributed by atoms with Crippen LogP contribution in [-0.4, -0.2) is 31.7 Å². The van der Waals surface area contributed by atoms with Crippen LogP contribution in [-0.2, 0) is 14.8 Å². The highest BCUT2D eigenvalue weighted by atomic mass is 32.2. The molecule has 0 aliphatic carbocycles. The van der Waals surface area contributed by atoms with Crippen molar-refractivity contribution in [3.63, 3.8) is 0 Å². The average molecular weight is 491 g/mol. The minimum Gasteiger partial charge on any atom is -0.322 e. The molecule has 6 heteroatoms. The molecular weight excluding hydrogens is 456 g/mol. The van der Waals surface area contributed by atoms with Crippen molar-refractivity contribution in [3.8, 4) is 0 Å². The predicted octanol–water partition coefficient (Wildman–Crippen LogP) is 6.17. The minimum atomic E-state index is -3.63. The van der Waals surface area contributed by atoms with Crippen LogP contribution in [0.2, 0.25) is 0 Å². The maximum atomic E-state index is 13.3. The van der Waals surface area contributed by atoms with Crippen LogP contribution in [0.15, 0.2) is 89.8 Å². The lowest BCUT2D eigenvalue weighted by Gasteiger charge is -2.25. The molecule has 3 aromatic rings. The zero-order valence-corrected chi connectivity index (χ0v) is 21.6. The van der Waals surface area contributed by atoms with E-state index in [4.69, 9.17) is 0 Å². The Balaban J connectivity index is 1.84. The SMILES string of the molecule is CC(C)CN(CC(C)C)S(=O)(=O)c1ccc(NC(=O)/C(=C/c2ccccc2)c2ccccc2)cc1. The van der Waals surface area contributed by atoms with Gasteiger partial charge < -0.3 is 5.32 Å². The molecular formula is C29H34N2O3S. The summed E-state index contributed by atoms with van der Waals surface area (Å²) in [6, 6.07) is 25.5. The molecule has 0 aliphatic heterocycles. The normalized spacial score (nSPS) is 12.4. The third kappa shape index (κ3) is 7.38. The van der Waals surface area contributed by atoms with Gasteiger partial charge in [-0.3, -0.25) is 4.79 Å². The first-order valence-corrected chi connectivity index (χ1v) is 13.3. The molecule has 0 aliphatic rings. The van der Waals surface area contributed by atoms with Crippen molar-refractivity contribution in [3.05, 3.63) is 96.1 Å². The number of rotatable bonds is 10. The lowest BCUT2D eigenvalue weighted by molar-refractivity contribution is -0.111. The van der Waals surface area contributed by atoms with Crippen molar-refractivity contribution >= 4 is 33.3 Å². The highest BCUT2D eigenvalue weighted by Gasteiger charge is 2.26. The summed E-state index contributed by atoms with van der Waals surface area (Å²) in [5.74, 6) is 0.168. The Morgan fingerprint density at radius 3 is 1.83 bits per heavy atom. The topological polar surface area (TPSA) is 66.5 Å². The van der Waals surface area contributed by atoms with Crippen molar-refractivity contribution in [2.45, 2.75) is 32.6 Å². The van der Waals surface area contributed by atoms with Crippen LogP contribution < -0.4 is 5.32 Å². The molecule has 0 saturated carbocycles. The van der Waals surface area contributed by atoms with E-state index in [1.54, 1.807) is 28.6 Å². The molecule has 0 heterocycles. The number of benzene rings is 3. The van der Waals surface area contributed by atoms with Gasteiger partial charge in [-0.25, -0.2) is 8.42 Å². The largest absolute Gasteiger partial charge is 0.322 e. The van der Waals surface area contributed by atoms with Gasteiger partial charge in [0.2, 0.25) is 10.0 Å². The first kappa shape index (κ1) is 26.4. The Hall–Kier alpha value is -3.22. The number of hydrogen-bond acceptors (Lipinski definition) is 3. The molecule has 3 rings (SSSR count). The van der Waals surface area contributed by atoms with Crippen LogP contribution in [0, 0.1) is 11.8 Å². The second-order valence-corrected chi connectivity index (χ2v) is 11.4. The molecule has 35 heavy (non-hydrogen) atoms. The molecule has 0 fully saturated rings. The molecule has 0 aromatic heterocycles. The van der Waals surface area contributed by atoms with Gasteiger partial charge in [-0.2, -0.15) is 4.31 Å². The maximum absolute atomic E-state index is 13.3. The fraction of sp³-hybridized carbons (Fsp3) is 0.276. The summed E-state index contributed by atoms with van der Waals surface area (Å²) in [4.78, 5) is 13.5. The summed E-state index contributed by atoms with van der Waals surface area (Å²) in [6.45, 7) is 8.96. The van der Waals surface area contributed by atoms with Gasteiger partial charge in [0.25, 0.3) is 5.91 Å². The lowest BCUT2D eigenvalue weighted by Crippen LogP contribution is -2.37. The summed E-state index contributed by atoms with van der Waals surface area (Å²) >= 11 is 0. The first-order valence-electron chi connectivity index (χ1n) is 11.9. The van der Waals surface area contributed by atoms with Gasteiger partial charge in [-0.15, -0.1) is 0 Å². The van der Waals surface area contributed by atoms with Crippen LogP contribution in [0.3, 0.4) is 0 Å². The Morgan fingerprint density at radius 2 is 1.31 bits per heavy atom. The fourth-order valence-electron chi connectivity index (χ4n) is 3.76. The lowest BCUT2D eigenvalue weighted by atomic mass is 10.0. The molecule has 0 unspecified atom stereocenters. The van der Waals surface area contributed by atoms with Crippen LogP contribution >= 0.6 is 0 Å².